The molecule has 19 heavy (non-hydrogen) atoms. The Balaban J connectivity index is 2.45. The molecular formula is C14H15BrN2O2. The van der Waals surface area contributed by atoms with E-state index in [1.165, 1.54) is 0 Å². The molecule has 1 N–H and O–H groups in total. The lowest BCUT2D eigenvalue weighted by molar-refractivity contribution is 0.0942. The molecule has 1 aromatic heterocycles. The van der Waals surface area contributed by atoms with E-state index in [1.807, 2.05) is 38.1 Å². The van der Waals surface area contributed by atoms with Crippen LogP contribution in [0.4, 0.5) is 0 Å². The van der Waals surface area contributed by atoms with Crippen molar-refractivity contribution in [2.45, 2.75) is 26.8 Å². The molecule has 4 nitrogen and oxygen atoms in total. The van der Waals surface area contributed by atoms with E-state index in [9.17, 15) is 4.79 Å². The van der Waals surface area contributed by atoms with Gasteiger partial charge in [-0.15, -0.1) is 0 Å². The average Bonchev–Trinajstić information content (AvgIpc) is 2.70. The molecule has 1 aromatic carbocycles. The predicted molar refractivity (Wildman–Crippen MR) is 77.0 cm³/mol. The lowest BCUT2D eigenvalue weighted by Gasteiger charge is -2.08. The zero-order valence-electron chi connectivity index (χ0n) is 11.0. The lowest BCUT2D eigenvalue weighted by atomic mass is 10.1. The van der Waals surface area contributed by atoms with Crippen molar-refractivity contribution in [1.29, 1.82) is 0 Å². The first-order chi connectivity index (χ1) is 8.99. The molecule has 0 saturated carbocycles. The Morgan fingerprint density at radius 2 is 2.16 bits per heavy atom. The molecular weight excluding hydrogens is 308 g/mol. The summed E-state index contributed by atoms with van der Waals surface area (Å²) in [5.41, 5.74) is 1.91. The van der Waals surface area contributed by atoms with Crippen LogP contribution in [0, 0.1) is 6.92 Å². The van der Waals surface area contributed by atoms with Gasteiger partial charge in [0, 0.05) is 16.1 Å². The average molecular weight is 323 g/mol. The number of aromatic nitrogens is 1. The van der Waals surface area contributed by atoms with Crippen molar-refractivity contribution in [3.63, 3.8) is 0 Å². The van der Waals surface area contributed by atoms with Gasteiger partial charge in [0.1, 0.15) is 17.0 Å². The van der Waals surface area contributed by atoms with Crippen molar-refractivity contribution in [3.8, 4) is 11.3 Å². The van der Waals surface area contributed by atoms with Gasteiger partial charge in [0.25, 0.3) is 5.91 Å². The van der Waals surface area contributed by atoms with Crippen molar-refractivity contribution in [3.05, 3.63) is 40.1 Å². The van der Waals surface area contributed by atoms with Crippen LogP contribution in [-0.2, 0) is 0 Å². The summed E-state index contributed by atoms with van der Waals surface area (Å²) in [6.45, 7) is 5.57. The van der Waals surface area contributed by atoms with E-state index in [0.29, 0.717) is 17.0 Å². The van der Waals surface area contributed by atoms with E-state index in [0.717, 1.165) is 10.0 Å². The normalized spacial score (nSPS) is 10.8. The molecule has 0 bridgehead atoms. The van der Waals surface area contributed by atoms with Crippen molar-refractivity contribution >= 4 is 21.8 Å². The minimum absolute atomic E-state index is 0.0668. The number of carbonyl (C=O) groups is 1. The van der Waals surface area contributed by atoms with E-state index in [-0.39, 0.29) is 11.9 Å². The summed E-state index contributed by atoms with van der Waals surface area (Å²) in [5, 5.41) is 6.86. The third kappa shape index (κ3) is 3.04. The molecule has 5 heteroatoms. The van der Waals surface area contributed by atoms with Gasteiger partial charge in [-0.3, -0.25) is 4.79 Å². The Kier molecular flexibility index (Phi) is 4.04. The second-order valence-corrected chi connectivity index (χ2v) is 5.52. The van der Waals surface area contributed by atoms with Gasteiger partial charge >= 0.3 is 0 Å². The molecule has 0 atom stereocenters. The molecule has 0 spiro atoms. The van der Waals surface area contributed by atoms with Gasteiger partial charge in [-0.2, -0.15) is 0 Å². The van der Waals surface area contributed by atoms with E-state index in [2.05, 4.69) is 26.4 Å². The first-order valence-corrected chi connectivity index (χ1v) is 6.81. The van der Waals surface area contributed by atoms with Gasteiger partial charge in [0.05, 0.1) is 0 Å². The molecule has 1 heterocycles. The van der Waals surface area contributed by atoms with Crippen LogP contribution in [0.25, 0.3) is 11.3 Å². The number of rotatable bonds is 3. The van der Waals surface area contributed by atoms with Crippen molar-refractivity contribution in [2.75, 3.05) is 0 Å². The Morgan fingerprint density at radius 3 is 2.79 bits per heavy atom. The van der Waals surface area contributed by atoms with Crippen LogP contribution in [0.1, 0.15) is 30.0 Å². The van der Waals surface area contributed by atoms with Crippen LogP contribution in [0.2, 0.25) is 0 Å². The number of halogens is 1. The highest BCUT2D eigenvalue weighted by Crippen LogP contribution is 2.27. The standard InChI is InChI=1S/C14H15BrN2O2/c1-8(2)16-14(18)12-9(3)19-17-13(12)10-5-4-6-11(15)7-10/h4-8H,1-3H3,(H,16,18). The molecule has 0 aliphatic carbocycles. The minimum Gasteiger partial charge on any atom is -0.360 e. The summed E-state index contributed by atoms with van der Waals surface area (Å²) in [6, 6.07) is 7.69. The Hall–Kier alpha value is -1.62. The minimum atomic E-state index is -0.163. The smallest absolute Gasteiger partial charge is 0.257 e. The quantitative estimate of drug-likeness (QED) is 0.940. The fourth-order valence-corrected chi connectivity index (χ4v) is 2.21. The Morgan fingerprint density at radius 1 is 1.42 bits per heavy atom. The lowest BCUT2D eigenvalue weighted by Crippen LogP contribution is -2.30. The van der Waals surface area contributed by atoms with Crippen molar-refractivity contribution < 1.29 is 9.32 Å². The molecule has 0 aliphatic rings. The zero-order chi connectivity index (χ0) is 14.0. The maximum Gasteiger partial charge on any atom is 0.257 e. The number of carbonyl (C=O) groups excluding carboxylic acids is 1. The third-order valence-electron chi connectivity index (χ3n) is 2.61. The van der Waals surface area contributed by atoms with Crippen molar-refractivity contribution in [1.82, 2.24) is 10.5 Å². The topological polar surface area (TPSA) is 55.1 Å². The third-order valence-corrected chi connectivity index (χ3v) is 3.10. The number of nitrogens with one attached hydrogen (secondary N) is 1. The van der Waals surface area contributed by atoms with E-state index < -0.39 is 0 Å². The van der Waals surface area contributed by atoms with Crippen molar-refractivity contribution in [2.24, 2.45) is 0 Å². The molecule has 0 aliphatic heterocycles. The predicted octanol–water partition coefficient (Wildman–Crippen LogP) is 3.55. The Labute approximate surface area is 120 Å². The van der Waals surface area contributed by atoms with E-state index in [4.69, 9.17) is 4.52 Å². The van der Waals surface area contributed by atoms with Crippen LogP contribution in [0.5, 0.6) is 0 Å². The molecule has 0 unspecified atom stereocenters. The van der Waals surface area contributed by atoms with Gasteiger partial charge in [0.15, 0.2) is 0 Å². The summed E-state index contributed by atoms with van der Waals surface area (Å²) in [5.74, 6) is 0.358. The van der Waals surface area contributed by atoms with E-state index >= 15 is 0 Å². The largest absolute Gasteiger partial charge is 0.360 e. The molecule has 2 rings (SSSR count). The van der Waals surface area contributed by atoms with Gasteiger partial charge in [-0.05, 0) is 32.9 Å². The van der Waals surface area contributed by atoms with Gasteiger partial charge in [-0.25, -0.2) is 0 Å². The molecule has 0 radical (unpaired) electrons. The number of aryl methyl sites for hydroxylation is 1. The number of hydrogen-bond donors (Lipinski definition) is 1. The van der Waals surface area contributed by atoms with Crippen LogP contribution in [0.3, 0.4) is 0 Å². The highest BCUT2D eigenvalue weighted by atomic mass is 79.9. The van der Waals surface area contributed by atoms with Gasteiger partial charge in [0.2, 0.25) is 0 Å². The van der Waals surface area contributed by atoms with Crippen LogP contribution < -0.4 is 5.32 Å². The molecule has 0 saturated heterocycles. The van der Waals surface area contributed by atoms with Crippen LogP contribution in [-0.4, -0.2) is 17.1 Å². The summed E-state index contributed by atoms with van der Waals surface area (Å²) in [6.07, 6.45) is 0. The maximum absolute atomic E-state index is 12.2. The molecule has 0 fully saturated rings. The first-order valence-electron chi connectivity index (χ1n) is 6.02. The first kappa shape index (κ1) is 13.8. The number of amides is 1. The second-order valence-electron chi connectivity index (χ2n) is 4.60. The van der Waals surface area contributed by atoms with Gasteiger partial charge < -0.3 is 9.84 Å². The highest BCUT2D eigenvalue weighted by molar-refractivity contribution is 9.10. The SMILES string of the molecule is Cc1onc(-c2cccc(Br)c2)c1C(=O)NC(C)C. The summed E-state index contributed by atoms with van der Waals surface area (Å²) in [4.78, 5) is 12.2. The highest BCUT2D eigenvalue weighted by Gasteiger charge is 2.21. The second kappa shape index (κ2) is 5.57. The molecule has 2 aromatic rings. The van der Waals surface area contributed by atoms with Crippen LogP contribution >= 0.6 is 15.9 Å². The zero-order valence-corrected chi connectivity index (χ0v) is 12.6. The summed E-state index contributed by atoms with van der Waals surface area (Å²) < 4.78 is 6.10. The maximum atomic E-state index is 12.2. The van der Waals surface area contributed by atoms with E-state index in [1.54, 1.807) is 6.92 Å². The Bertz CT molecular complexity index is 605. The number of hydrogen-bond acceptors (Lipinski definition) is 3. The molecule has 100 valence electrons. The van der Waals surface area contributed by atoms with Gasteiger partial charge in [-0.1, -0.05) is 33.2 Å². The summed E-state index contributed by atoms with van der Waals surface area (Å²) in [7, 11) is 0. The fraction of sp³-hybridized carbons (Fsp3) is 0.286. The molecule has 1 amide bonds. The number of nitrogens with zero attached hydrogens (tertiary/aromatic N) is 1. The number of benzene rings is 1. The van der Waals surface area contributed by atoms with Crippen LogP contribution in [0.15, 0.2) is 33.3 Å². The monoisotopic (exact) mass is 322 g/mol. The summed E-state index contributed by atoms with van der Waals surface area (Å²) >= 11 is 3.41. The fourth-order valence-electron chi connectivity index (χ4n) is 1.81.